The molecule has 0 saturated carbocycles. The van der Waals surface area contributed by atoms with Gasteiger partial charge in [0.25, 0.3) is 0 Å². The van der Waals surface area contributed by atoms with Gasteiger partial charge < -0.3 is 15.3 Å². The summed E-state index contributed by atoms with van der Waals surface area (Å²) in [6.07, 6.45) is -1.10. The maximum absolute atomic E-state index is 12.9. The molecular formula is C21H20F3N5O. The first-order valence-electron chi connectivity index (χ1n) is 9.50. The van der Waals surface area contributed by atoms with Gasteiger partial charge in [0, 0.05) is 55.3 Å². The van der Waals surface area contributed by atoms with E-state index < -0.39 is 11.7 Å². The van der Waals surface area contributed by atoms with Gasteiger partial charge >= 0.3 is 6.18 Å². The highest BCUT2D eigenvalue weighted by molar-refractivity contribution is 5.68. The van der Waals surface area contributed by atoms with Crippen LogP contribution in [0.5, 0.6) is 0 Å². The minimum absolute atomic E-state index is 0.00279. The normalized spacial score (nSPS) is 17.2. The van der Waals surface area contributed by atoms with Gasteiger partial charge in [0.05, 0.1) is 17.9 Å². The standard InChI is InChI=1S/C21H20F3N5O/c22-21(23,24)16-5-3-14(4-6-16)18-10-19(29-9-8-26-17(12-29)13-30)28-20(27-18)15-2-1-7-25-11-15/h1-7,10-11,17,26,30H,8-9,12-13H2/t17-/m0/s1. The summed E-state index contributed by atoms with van der Waals surface area (Å²) < 4.78 is 38.8. The van der Waals surface area contributed by atoms with Gasteiger partial charge in [-0.1, -0.05) is 12.1 Å². The van der Waals surface area contributed by atoms with Crippen molar-refractivity contribution in [1.82, 2.24) is 20.3 Å². The molecule has 30 heavy (non-hydrogen) atoms. The van der Waals surface area contributed by atoms with E-state index in [1.54, 1.807) is 24.5 Å². The number of hydrogen-bond donors (Lipinski definition) is 2. The lowest BCUT2D eigenvalue weighted by Crippen LogP contribution is -2.52. The third-order valence-corrected chi connectivity index (χ3v) is 4.94. The maximum Gasteiger partial charge on any atom is 0.416 e. The smallest absolute Gasteiger partial charge is 0.395 e. The lowest BCUT2D eigenvalue weighted by molar-refractivity contribution is -0.137. The topological polar surface area (TPSA) is 74.2 Å². The molecule has 0 unspecified atom stereocenters. The summed E-state index contributed by atoms with van der Waals surface area (Å²) in [4.78, 5) is 15.4. The van der Waals surface area contributed by atoms with Crippen molar-refractivity contribution in [2.75, 3.05) is 31.1 Å². The number of nitrogens with one attached hydrogen (secondary N) is 1. The summed E-state index contributed by atoms with van der Waals surface area (Å²) >= 11 is 0. The van der Waals surface area contributed by atoms with Crippen molar-refractivity contribution in [2.45, 2.75) is 12.2 Å². The summed E-state index contributed by atoms with van der Waals surface area (Å²) in [7, 11) is 0. The molecule has 1 aromatic carbocycles. The molecule has 6 nitrogen and oxygen atoms in total. The van der Waals surface area contributed by atoms with E-state index in [4.69, 9.17) is 0 Å². The van der Waals surface area contributed by atoms with E-state index in [9.17, 15) is 18.3 Å². The SMILES string of the molecule is OC[C@@H]1CN(c2cc(-c3ccc(C(F)(F)F)cc3)nc(-c3cccnc3)n2)CCN1. The van der Waals surface area contributed by atoms with Crippen LogP contribution >= 0.6 is 0 Å². The van der Waals surface area contributed by atoms with Crippen molar-refractivity contribution < 1.29 is 18.3 Å². The Hall–Kier alpha value is -3.04. The second kappa shape index (κ2) is 8.37. The predicted octanol–water partition coefficient (Wildman–Crippen LogP) is 2.99. The van der Waals surface area contributed by atoms with Crippen molar-refractivity contribution in [3.8, 4) is 22.6 Å². The van der Waals surface area contributed by atoms with Crippen LogP contribution in [0.4, 0.5) is 19.0 Å². The lowest BCUT2D eigenvalue weighted by Gasteiger charge is -2.33. The predicted molar refractivity (Wildman–Crippen MR) is 107 cm³/mol. The number of alkyl halides is 3. The van der Waals surface area contributed by atoms with Crippen LogP contribution in [0.25, 0.3) is 22.6 Å². The Morgan fingerprint density at radius 1 is 1.10 bits per heavy atom. The molecule has 0 amide bonds. The number of hydrogen-bond acceptors (Lipinski definition) is 6. The fraction of sp³-hybridized carbons (Fsp3) is 0.286. The van der Waals surface area contributed by atoms with Crippen LogP contribution in [0, 0.1) is 0 Å². The Morgan fingerprint density at radius 2 is 1.90 bits per heavy atom. The molecule has 2 aromatic heterocycles. The largest absolute Gasteiger partial charge is 0.416 e. The Bertz CT molecular complexity index is 996. The highest BCUT2D eigenvalue weighted by atomic mass is 19.4. The summed E-state index contributed by atoms with van der Waals surface area (Å²) in [5.74, 6) is 1.09. The maximum atomic E-state index is 12.9. The number of aromatic nitrogens is 3. The van der Waals surface area contributed by atoms with Crippen molar-refractivity contribution in [3.05, 3.63) is 60.4 Å². The van der Waals surface area contributed by atoms with Gasteiger partial charge in [-0.2, -0.15) is 13.2 Å². The minimum atomic E-state index is -4.39. The van der Waals surface area contributed by atoms with Crippen LogP contribution < -0.4 is 10.2 Å². The molecule has 0 aliphatic carbocycles. The zero-order chi connectivity index (χ0) is 21.1. The first-order valence-corrected chi connectivity index (χ1v) is 9.50. The summed E-state index contributed by atoms with van der Waals surface area (Å²) in [5.41, 5.74) is 1.08. The van der Waals surface area contributed by atoms with Gasteiger partial charge in [-0.15, -0.1) is 0 Å². The number of aliphatic hydroxyl groups excluding tert-OH is 1. The van der Waals surface area contributed by atoms with E-state index in [1.807, 2.05) is 11.0 Å². The molecule has 0 radical (unpaired) electrons. The molecule has 9 heteroatoms. The van der Waals surface area contributed by atoms with Crippen molar-refractivity contribution in [2.24, 2.45) is 0 Å². The molecule has 0 spiro atoms. The highest BCUT2D eigenvalue weighted by Gasteiger charge is 2.30. The average molecular weight is 415 g/mol. The third kappa shape index (κ3) is 4.42. The Labute approximate surface area is 171 Å². The van der Waals surface area contributed by atoms with Crippen LogP contribution in [-0.4, -0.2) is 52.3 Å². The number of benzene rings is 1. The van der Waals surface area contributed by atoms with Crippen LogP contribution in [0.1, 0.15) is 5.56 Å². The zero-order valence-electron chi connectivity index (χ0n) is 16.0. The summed E-state index contributed by atoms with van der Waals surface area (Å²) in [6.45, 7) is 1.94. The van der Waals surface area contributed by atoms with Crippen LogP contribution in [0.15, 0.2) is 54.9 Å². The molecule has 2 N–H and O–H groups in total. The van der Waals surface area contributed by atoms with E-state index in [1.165, 1.54) is 12.1 Å². The molecule has 1 aliphatic rings. The molecule has 1 atom stereocenters. The van der Waals surface area contributed by atoms with E-state index in [-0.39, 0.29) is 12.6 Å². The fourth-order valence-corrected chi connectivity index (χ4v) is 3.35. The van der Waals surface area contributed by atoms with Crippen LogP contribution in [-0.2, 0) is 6.18 Å². The van der Waals surface area contributed by atoms with Crippen LogP contribution in [0.3, 0.4) is 0 Å². The first-order chi connectivity index (χ1) is 14.4. The number of halogens is 3. The van der Waals surface area contributed by atoms with E-state index in [0.717, 1.165) is 12.1 Å². The van der Waals surface area contributed by atoms with Crippen molar-refractivity contribution in [1.29, 1.82) is 0 Å². The Kier molecular flexibility index (Phi) is 5.65. The number of piperazine rings is 1. The molecule has 4 rings (SSSR count). The van der Waals surface area contributed by atoms with Gasteiger partial charge in [-0.05, 0) is 24.3 Å². The fourth-order valence-electron chi connectivity index (χ4n) is 3.35. The third-order valence-electron chi connectivity index (χ3n) is 4.94. The minimum Gasteiger partial charge on any atom is -0.395 e. The van der Waals surface area contributed by atoms with Crippen molar-refractivity contribution >= 4 is 5.82 Å². The second-order valence-corrected chi connectivity index (χ2v) is 7.03. The molecular weight excluding hydrogens is 395 g/mol. The molecule has 0 bridgehead atoms. The number of anilines is 1. The van der Waals surface area contributed by atoms with Crippen LogP contribution in [0.2, 0.25) is 0 Å². The summed E-state index contributed by atoms with van der Waals surface area (Å²) in [6, 6.07) is 10.2. The number of pyridine rings is 1. The average Bonchev–Trinajstić information content (AvgIpc) is 2.79. The number of nitrogens with zero attached hydrogens (tertiary/aromatic N) is 4. The number of aliphatic hydroxyl groups is 1. The van der Waals surface area contributed by atoms with Gasteiger partial charge in [-0.25, -0.2) is 9.97 Å². The van der Waals surface area contributed by atoms with E-state index in [0.29, 0.717) is 48.1 Å². The molecule has 1 aliphatic heterocycles. The van der Waals surface area contributed by atoms with Gasteiger partial charge in [0.15, 0.2) is 5.82 Å². The number of rotatable bonds is 4. The Morgan fingerprint density at radius 3 is 2.57 bits per heavy atom. The lowest BCUT2D eigenvalue weighted by atomic mass is 10.1. The Balaban J connectivity index is 1.76. The molecule has 1 fully saturated rings. The highest BCUT2D eigenvalue weighted by Crippen LogP contribution is 2.32. The quantitative estimate of drug-likeness (QED) is 0.683. The van der Waals surface area contributed by atoms with Gasteiger partial charge in [-0.3, -0.25) is 4.98 Å². The van der Waals surface area contributed by atoms with E-state index in [2.05, 4.69) is 20.3 Å². The molecule has 156 valence electrons. The molecule has 3 heterocycles. The first kappa shape index (κ1) is 20.2. The molecule has 3 aromatic rings. The van der Waals surface area contributed by atoms with Crippen molar-refractivity contribution in [3.63, 3.8) is 0 Å². The monoisotopic (exact) mass is 415 g/mol. The van der Waals surface area contributed by atoms with E-state index >= 15 is 0 Å². The zero-order valence-corrected chi connectivity index (χ0v) is 16.0. The molecule has 1 saturated heterocycles. The van der Waals surface area contributed by atoms with Gasteiger partial charge in [0.1, 0.15) is 5.82 Å². The van der Waals surface area contributed by atoms with Gasteiger partial charge in [0.2, 0.25) is 0 Å². The second-order valence-electron chi connectivity index (χ2n) is 7.03. The summed E-state index contributed by atoms with van der Waals surface area (Å²) in [5, 5.41) is 12.7.